The average molecular weight is 348 g/mol. The molecule has 1 aliphatic heterocycles. The number of amides is 1. The van der Waals surface area contributed by atoms with Crippen LogP contribution in [0.5, 0.6) is 5.75 Å². The van der Waals surface area contributed by atoms with Gasteiger partial charge in [0.05, 0.1) is 6.61 Å². The number of hydrogen-bond acceptors (Lipinski definition) is 4. The van der Waals surface area contributed by atoms with Gasteiger partial charge in [0, 0.05) is 18.8 Å². The minimum atomic E-state index is -0.835. The van der Waals surface area contributed by atoms with Gasteiger partial charge in [0.15, 0.2) is 0 Å². The van der Waals surface area contributed by atoms with E-state index in [1.807, 2.05) is 31.2 Å². The SMILES string of the molecule is CCOC(C)(C)C(=O)Nc1ccc(OCCCN2CCCCC2)cc1. The minimum Gasteiger partial charge on any atom is -0.494 e. The van der Waals surface area contributed by atoms with Crippen molar-refractivity contribution in [3.63, 3.8) is 0 Å². The molecule has 0 unspecified atom stereocenters. The van der Waals surface area contributed by atoms with Crippen LogP contribution in [0.25, 0.3) is 0 Å². The molecule has 25 heavy (non-hydrogen) atoms. The van der Waals surface area contributed by atoms with Gasteiger partial charge < -0.3 is 19.7 Å². The molecule has 1 amide bonds. The first-order valence-electron chi connectivity index (χ1n) is 9.42. The number of rotatable bonds is 9. The normalized spacial score (nSPS) is 15.8. The molecule has 1 fully saturated rings. The Morgan fingerprint density at radius 3 is 2.48 bits per heavy atom. The molecule has 0 radical (unpaired) electrons. The molecule has 1 aromatic carbocycles. The smallest absolute Gasteiger partial charge is 0.256 e. The number of ether oxygens (including phenoxy) is 2. The first-order valence-corrected chi connectivity index (χ1v) is 9.42. The number of carbonyl (C=O) groups is 1. The van der Waals surface area contributed by atoms with E-state index in [0.717, 1.165) is 31.0 Å². The third-order valence-electron chi connectivity index (χ3n) is 4.50. The number of piperidine rings is 1. The van der Waals surface area contributed by atoms with Crippen LogP contribution in [0.15, 0.2) is 24.3 Å². The van der Waals surface area contributed by atoms with Crippen molar-refractivity contribution in [3.05, 3.63) is 24.3 Å². The van der Waals surface area contributed by atoms with Crippen molar-refractivity contribution in [1.29, 1.82) is 0 Å². The number of likely N-dealkylation sites (tertiary alicyclic amines) is 1. The highest BCUT2D eigenvalue weighted by Gasteiger charge is 2.27. The van der Waals surface area contributed by atoms with E-state index in [0.29, 0.717) is 6.61 Å². The molecule has 2 rings (SSSR count). The zero-order valence-electron chi connectivity index (χ0n) is 15.8. The van der Waals surface area contributed by atoms with Crippen molar-refractivity contribution in [2.24, 2.45) is 0 Å². The number of hydrogen-bond donors (Lipinski definition) is 1. The highest BCUT2D eigenvalue weighted by atomic mass is 16.5. The molecule has 0 aliphatic carbocycles. The zero-order chi connectivity index (χ0) is 18.1. The Kier molecular flexibility index (Phi) is 7.72. The Morgan fingerprint density at radius 1 is 1.16 bits per heavy atom. The standard InChI is InChI=1S/C20H32N2O3/c1-4-25-20(2,3)19(23)21-17-9-11-18(12-10-17)24-16-8-15-22-13-6-5-7-14-22/h9-12H,4-8,13-16H2,1-3H3,(H,21,23). The molecule has 1 saturated heterocycles. The highest BCUT2D eigenvalue weighted by Crippen LogP contribution is 2.18. The van der Waals surface area contributed by atoms with Gasteiger partial charge in [-0.25, -0.2) is 0 Å². The molecule has 5 heteroatoms. The molecule has 0 bridgehead atoms. The summed E-state index contributed by atoms with van der Waals surface area (Å²) in [4.78, 5) is 14.7. The van der Waals surface area contributed by atoms with Crippen LogP contribution in [0.4, 0.5) is 5.69 Å². The van der Waals surface area contributed by atoms with Gasteiger partial charge in [0.2, 0.25) is 0 Å². The molecule has 1 heterocycles. The summed E-state index contributed by atoms with van der Waals surface area (Å²) >= 11 is 0. The second kappa shape index (κ2) is 9.78. The fraction of sp³-hybridized carbons (Fsp3) is 0.650. The average Bonchev–Trinajstić information content (AvgIpc) is 2.61. The number of anilines is 1. The van der Waals surface area contributed by atoms with Crippen molar-refractivity contribution < 1.29 is 14.3 Å². The van der Waals surface area contributed by atoms with Crippen molar-refractivity contribution in [1.82, 2.24) is 4.90 Å². The van der Waals surface area contributed by atoms with Crippen LogP contribution in [0.2, 0.25) is 0 Å². The largest absolute Gasteiger partial charge is 0.494 e. The van der Waals surface area contributed by atoms with E-state index in [4.69, 9.17) is 9.47 Å². The van der Waals surface area contributed by atoms with E-state index in [2.05, 4.69) is 10.2 Å². The first-order chi connectivity index (χ1) is 12.0. The molecule has 0 spiro atoms. The number of benzene rings is 1. The lowest BCUT2D eigenvalue weighted by molar-refractivity contribution is -0.136. The van der Waals surface area contributed by atoms with Crippen LogP contribution in [0.3, 0.4) is 0 Å². The summed E-state index contributed by atoms with van der Waals surface area (Å²) < 4.78 is 11.3. The van der Waals surface area contributed by atoms with Gasteiger partial charge in [-0.3, -0.25) is 4.79 Å². The van der Waals surface area contributed by atoms with E-state index in [-0.39, 0.29) is 5.91 Å². The zero-order valence-corrected chi connectivity index (χ0v) is 15.8. The maximum Gasteiger partial charge on any atom is 0.256 e. The summed E-state index contributed by atoms with van der Waals surface area (Å²) in [6, 6.07) is 7.51. The Labute approximate surface area is 151 Å². The predicted molar refractivity (Wildman–Crippen MR) is 101 cm³/mol. The van der Waals surface area contributed by atoms with Gasteiger partial charge in [-0.2, -0.15) is 0 Å². The molecule has 0 saturated carbocycles. The Balaban J connectivity index is 1.71. The summed E-state index contributed by atoms with van der Waals surface area (Å²) in [6.45, 7) is 10.2. The maximum atomic E-state index is 12.2. The van der Waals surface area contributed by atoms with Gasteiger partial charge >= 0.3 is 0 Å². The number of nitrogens with zero attached hydrogens (tertiary/aromatic N) is 1. The third kappa shape index (κ3) is 6.67. The van der Waals surface area contributed by atoms with Gasteiger partial charge in [-0.1, -0.05) is 6.42 Å². The summed E-state index contributed by atoms with van der Waals surface area (Å²) in [5, 5.41) is 2.88. The summed E-state index contributed by atoms with van der Waals surface area (Å²) in [7, 11) is 0. The van der Waals surface area contributed by atoms with E-state index >= 15 is 0 Å². The van der Waals surface area contributed by atoms with E-state index in [1.54, 1.807) is 13.8 Å². The molecule has 140 valence electrons. The van der Waals surface area contributed by atoms with Crippen LogP contribution in [-0.2, 0) is 9.53 Å². The minimum absolute atomic E-state index is 0.149. The Bertz CT molecular complexity index is 522. The van der Waals surface area contributed by atoms with Crippen LogP contribution < -0.4 is 10.1 Å². The molecule has 0 aromatic heterocycles. The highest BCUT2D eigenvalue weighted by molar-refractivity contribution is 5.96. The van der Waals surface area contributed by atoms with Crippen LogP contribution >= 0.6 is 0 Å². The second-order valence-electron chi connectivity index (χ2n) is 7.03. The first kappa shape index (κ1) is 19.7. The summed E-state index contributed by atoms with van der Waals surface area (Å²) in [5.41, 5.74) is -0.0864. The molecule has 0 atom stereocenters. The Morgan fingerprint density at radius 2 is 1.84 bits per heavy atom. The van der Waals surface area contributed by atoms with E-state index in [1.165, 1.54) is 32.4 Å². The van der Waals surface area contributed by atoms with E-state index < -0.39 is 5.60 Å². The van der Waals surface area contributed by atoms with Crippen molar-refractivity contribution in [2.75, 3.05) is 38.2 Å². The number of carbonyl (C=O) groups excluding carboxylic acids is 1. The van der Waals surface area contributed by atoms with Crippen LogP contribution in [0, 0.1) is 0 Å². The lowest BCUT2D eigenvalue weighted by Gasteiger charge is -2.26. The second-order valence-corrected chi connectivity index (χ2v) is 7.03. The molecule has 1 N–H and O–H groups in total. The number of nitrogens with one attached hydrogen (secondary N) is 1. The summed E-state index contributed by atoms with van der Waals surface area (Å²) in [5.74, 6) is 0.685. The van der Waals surface area contributed by atoms with Crippen molar-refractivity contribution in [3.8, 4) is 5.75 Å². The van der Waals surface area contributed by atoms with Crippen LogP contribution in [0.1, 0.15) is 46.5 Å². The van der Waals surface area contributed by atoms with Gasteiger partial charge in [-0.15, -0.1) is 0 Å². The molecule has 5 nitrogen and oxygen atoms in total. The maximum absolute atomic E-state index is 12.2. The van der Waals surface area contributed by atoms with Gasteiger partial charge in [0.1, 0.15) is 11.4 Å². The molecule has 1 aromatic rings. The molecule has 1 aliphatic rings. The van der Waals surface area contributed by atoms with Crippen molar-refractivity contribution in [2.45, 2.75) is 52.1 Å². The van der Waals surface area contributed by atoms with Crippen molar-refractivity contribution >= 4 is 11.6 Å². The predicted octanol–water partition coefficient (Wildman–Crippen LogP) is 3.70. The van der Waals surface area contributed by atoms with E-state index in [9.17, 15) is 4.79 Å². The van der Waals surface area contributed by atoms with Gasteiger partial charge in [0.25, 0.3) is 5.91 Å². The van der Waals surface area contributed by atoms with Gasteiger partial charge in [-0.05, 0) is 77.4 Å². The fourth-order valence-electron chi connectivity index (χ4n) is 3.00. The summed E-state index contributed by atoms with van der Waals surface area (Å²) in [6.07, 6.45) is 5.07. The molecular formula is C20H32N2O3. The third-order valence-corrected chi connectivity index (χ3v) is 4.50. The quantitative estimate of drug-likeness (QED) is 0.692. The van der Waals surface area contributed by atoms with Crippen LogP contribution in [-0.4, -0.2) is 49.3 Å². The molecular weight excluding hydrogens is 316 g/mol. The monoisotopic (exact) mass is 348 g/mol. The fourth-order valence-corrected chi connectivity index (χ4v) is 3.00. The lowest BCUT2D eigenvalue weighted by Crippen LogP contribution is -2.39. The Hall–Kier alpha value is -1.59. The topological polar surface area (TPSA) is 50.8 Å². The lowest BCUT2D eigenvalue weighted by atomic mass is 10.1.